The number of nitrogens with zero attached hydrogens (tertiary/aromatic N) is 4. The Morgan fingerprint density at radius 3 is 2.30 bits per heavy atom. The Kier molecular flexibility index (Phi) is 10.0. The Labute approximate surface area is 263 Å². The first-order chi connectivity index (χ1) is 21.6. The maximum atomic E-state index is 13.2. The summed E-state index contributed by atoms with van der Waals surface area (Å²) in [6.45, 7) is -5.77. The summed E-state index contributed by atoms with van der Waals surface area (Å²) in [5.41, 5.74) is 6.20. The molecule has 46 heavy (non-hydrogen) atoms. The Hall–Kier alpha value is -3.19. The molecule has 0 spiro atoms. The van der Waals surface area contributed by atoms with Crippen LogP contribution in [0.4, 0.5) is 5.82 Å². The average molecular weight is 719 g/mol. The highest BCUT2D eigenvalue weighted by Crippen LogP contribution is 2.66. The van der Waals surface area contributed by atoms with Crippen LogP contribution in [0.1, 0.15) is 16.6 Å². The van der Waals surface area contributed by atoms with Gasteiger partial charge in [-0.05, 0) is 48.2 Å². The van der Waals surface area contributed by atoms with Crippen LogP contribution >= 0.6 is 22.4 Å². The molecule has 6 atom stereocenters. The number of phosphoric acid groups is 2. The van der Waals surface area contributed by atoms with Crippen molar-refractivity contribution < 1.29 is 66.0 Å². The predicted molar refractivity (Wildman–Crippen MR) is 158 cm³/mol. The number of carbonyl (C=O) groups is 1. The van der Waals surface area contributed by atoms with Gasteiger partial charge in [-0.25, -0.2) is 33.2 Å². The van der Waals surface area contributed by atoms with Gasteiger partial charge in [-0.15, -0.1) is 0 Å². The Morgan fingerprint density at radius 2 is 1.63 bits per heavy atom. The van der Waals surface area contributed by atoms with Crippen LogP contribution in [0, 0.1) is 0 Å². The van der Waals surface area contributed by atoms with Gasteiger partial charge in [0.15, 0.2) is 23.8 Å². The maximum Gasteiger partial charge on any atom is 0.488 e. The Morgan fingerprint density at radius 1 is 0.957 bits per heavy atom. The number of hydrogen-bond acceptors (Lipinski definition) is 15. The van der Waals surface area contributed by atoms with Gasteiger partial charge in [0.05, 0.1) is 18.5 Å². The first kappa shape index (κ1) is 34.2. The molecular weight excluding hydrogens is 695 g/mol. The minimum absolute atomic E-state index is 0.0128. The van der Waals surface area contributed by atoms with Gasteiger partial charge in [0.1, 0.15) is 35.6 Å². The first-order valence-electron chi connectivity index (χ1n) is 12.7. The number of nitrogen functional groups attached to an aromatic ring is 1. The second-order valence-corrected chi connectivity index (χ2v) is 15.2. The number of esters is 1. The highest BCUT2D eigenvalue weighted by molar-refractivity contribution is 8.08. The molecule has 2 aromatic heterocycles. The van der Waals surface area contributed by atoms with Gasteiger partial charge >= 0.3 is 28.3 Å². The highest BCUT2D eigenvalue weighted by Gasteiger charge is 2.49. The van der Waals surface area contributed by atoms with E-state index in [-0.39, 0.29) is 22.5 Å². The van der Waals surface area contributed by atoms with Crippen molar-refractivity contribution in [1.82, 2.24) is 19.5 Å². The molecule has 1 aliphatic rings. The van der Waals surface area contributed by atoms with E-state index in [0.29, 0.717) is 11.5 Å². The van der Waals surface area contributed by atoms with Gasteiger partial charge in [0, 0.05) is 0 Å². The van der Waals surface area contributed by atoms with Crippen LogP contribution in [0.3, 0.4) is 0 Å². The van der Waals surface area contributed by atoms with Crippen LogP contribution < -0.4 is 10.5 Å². The van der Waals surface area contributed by atoms with E-state index in [4.69, 9.17) is 29.7 Å². The maximum absolute atomic E-state index is 13.2. The fraction of sp³-hybridized carbons (Fsp3) is 0.217. The number of fused-ring (bicyclic) bond motifs is 1. The molecule has 0 amide bonds. The molecule has 1 saturated heterocycles. The number of phosphoric ester groups is 1. The van der Waals surface area contributed by atoms with E-state index in [1.807, 2.05) is 6.07 Å². The third-order valence-corrected chi connectivity index (χ3v) is 10.5. The summed E-state index contributed by atoms with van der Waals surface area (Å²) >= 11 is 4.05. The van der Waals surface area contributed by atoms with Crippen molar-refractivity contribution in [2.24, 2.45) is 0 Å². The Bertz CT molecular complexity index is 1860. The molecule has 1 aliphatic heterocycles. The second kappa shape index (κ2) is 13.5. The van der Waals surface area contributed by atoms with Crippen LogP contribution in [-0.2, 0) is 43.6 Å². The number of hydrogen-bond donors (Lipinski definition) is 6. The lowest BCUT2D eigenvalue weighted by Crippen LogP contribution is -2.37. The number of aliphatic hydroxyl groups excluding tert-OH is 1. The summed E-state index contributed by atoms with van der Waals surface area (Å²) in [4.78, 5) is 62.8. The van der Waals surface area contributed by atoms with Crippen molar-refractivity contribution >= 4 is 57.1 Å². The number of carbonyl (C=O) groups excluding carboxylic acids is 1. The van der Waals surface area contributed by atoms with Gasteiger partial charge < -0.3 is 44.6 Å². The molecule has 0 saturated carbocycles. The van der Waals surface area contributed by atoms with Gasteiger partial charge in [0.2, 0.25) is 0 Å². The van der Waals surface area contributed by atoms with Gasteiger partial charge in [-0.1, -0.05) is 18.2 Å². The summed E-state index contributed by atoms with van der Waals surface area (Å²) in [7, 11) is -11.1. The van der Waals surface area contributed by atoms with Crippen molar-refractivity contribution in [2.75, 3.05) is 12.3 Å². The number of anilines is 1. The molecule has 1 fully saturated rings. The molecule has 0 radical (unpaired) electrons. The largest absolute Gasteiger partial charge is 0.488 e. The van der Waals surface area contributed by atoms with Crippen molar-refractivity contribution in [3.8, 4) is 11.5 Å². The van der Waals surface area contributed by atoms with E-state index >= 15 is 0 Å². The van der Waals surface area contributed by atoms with Crippen molar-refractivity contribution in [3.63, 3.8) is 0 Å². The zero-order chi connectivity index (χ0) is 33.3. The number of nitrogens with two attached hydrogens (primary N) is 1. The van der Waals surface area contributed by atoms with Crippen molar-refractivity contribution in [2.45, 2.75) is 24.5 Å². The fourth-order valence-corrected chi connectivity index (χ4v) is 8.00. The predicted octanol–water partition coefficient (Wildman–Crippen LogP) is 2.14. The minimum Gasteiger partial charge on any atom is -0.457 e. The van der Waals surface area contributed by atoms with E-state index in [9.17, 15) is 28.8 Å². The number of imidazole rings is 1. The lowest BCUT2D eigenvalue weighted by molar-refractivity contribution is -0.0558. The third-order valence-electron chi connectivity index (χ3n) is 6.10. The number of ether oxygens (including phenoxy) is 3. The van der Waals surface area contributed by atoms with Crippen molar-refractivity contribution in [3.05, 3.63) is 72.8 Å². The van der Waals surface area contributed by atoms with E-state index < -0.39 is 59.5 Å². The number of rotatable bonds is 12. The van der Waals surface area contributed by atoms with E-state index in [1.54, 1.807) is 24.3 Å². The van der Waals surface area contributed by atoms with Crippen molar-refractivity contribution in [1.29, 1.82) is 0 Å². The molecule has 4 aromatic rings. The molecule has 246 valence electrons. The smallest absolute Gasteiger partial charge is 0.457 e. The molecule has 3 heterocycles. The van der Waals surface area contributed by atoms with Gasteiger partial charge in [-0.3, -0.25) is 9.09 Å². The lowest BCUT2D eigenvalue weighted by Gasteiger charge is -2.22. The van der Waals surface area contributed by atoms with E-state index in [1.165, 1.54) is 35.2 Å². The standard InChI is InChI=1S/C23H24N5O14P3S/c24-20-17-21(26-11-25-20)28(12-27-17)22-19(40-23(30)13-6-8-15(9-7-13)38-14-4-2-1-3-5-14)18(29)16(39-22)10-37-43(31,32)41-44(33,34)42-45(35,36)46/h1-9,11-12,16,18-19,22,29H,10H2,(H,31,32)(H,33,34)(H2,24,25,26)(H2,35,36,46)/t16-,18-,19-,22-/m1/s1. The van der Waals surface area contributed by atoms with E-state index in [2.05, 4.69) is 39.9 Å². The van der Waals surface area contributed by atoms with Crippen LogP contribution in [0.5, 0.6) is 11.5 Å². The Balaban J connectivity index is 1.35. The monoisotopic (exact) mass is 719 g/mol. The fourth-order valence-electron chi connectivity index (χ4n) is 4.21. The summed E-state index contributed by atoms with van der Waals surface area (Å²) in [5.74, 6) is 0.109. The number of aromatic nitrogens is 4. The van der Waals surface area contributed by atoms with Crippen LogP contribution in [0.25, 0.3) is 11.2 Å². The lowest BCUT2D eigenvalue weighted by atomic mass is 10.1. The summed E-state index contributed by atoms with van der Waals surface area (Å²) in [6.07, 6.45) is -3.81. The number of benzene rings is 2. The quantitative estimate of drug-likeness (QED) is 0.0903. The molecule has 19 nitrogen and oxygen atoms in total. The summed E-state index contributed by atoms with van der Waals surface area (Å²) in [6, 6.07) is 14.8. The topological polar surface area (TPSA) is 277 Å². The summed E-state index contributed by atoms with van der Waals surface area (Å²) in [5, 5.41) is 11.1. The number of aliphatic hydroxyl groups is 1. The molecule has 23 heteroatoms. The average Bonchev–Trinajstić information content (AvgIpc) is 3.52. The zero-order valence-electron chi connectivity index (χ0n) is 22.9. The van der Waals surface area contributed by atoms with Crippen LogP contribution in [-0.4, -0.2) is 75.1 Å². The zero-order valence-corrected chi connectivity index (χ0v) is 26.4. The van der Waals surface area contributed by atoms with Gasteiger partial charge in [-0.2, -0.15) is 4.31 Å². The molecule has 0 aliphatic carbocycles. The third kappa shape index (κ3) is 8.39. The second-order valence-electron chi connectivity index (χ2n) is 9.33. The van der Waals surface area contributed by atoms with Crippen LogP contribution in [0.15, 0.2) is 67.3 Å². The molecule has 0 bridgehead atoms. The molecule has 2 unspecified atom stereocenters. The normalized spacial score (nSPS) is 22.6. The summed E-state index contributed by atoms with van der Waals surface area (Å²) < 4.78 is 55.1. The molecule has 2 aromatic carbocycles. The SMILES string of the molecule is Nc1ncnc2c1ncn2[C@@H]1O[C@H](COP(=O)(O)OP(=O)(O)OP(O)(O)=S)[C@@H](O)[C@H]1OC(=O)c1ccc(Oc2ccccc2)cc1. The highest BCUT2D eigenvalue weighted by atomic mass is 32.5. The molecular formula is C23H24N5O14P3S. The molecule has 7 N–H and O–H groups in total. The number of para-hydroxylation sites is 1. The van der Waals surface area contributed by atoms with Gasteiger partial charge in [0.25, 0.3) is 0 Å². The van der Waals surface area contributed by atoms with E-state index in [0.717, 1.165) is 6.33 Å². The minimum atomic E-state index is -5.60. The molecule has 5 rings (SSSR count). The van der Waals surface area contributed by atoms with Crippen LogP contribution in [0.2, 0.25) is 0 Å². The first-order valence-corrected chi connectivity index (χ1v) is 18.3.